The average molecular weight is 588 g/mol. The van der Waals surface area contributed by atoms with Gasteiger partial charge in [-0.2, -0.15) is 0 Å². The fraction of sp³-hybridized carbons (Fsp3) is 0.188. The van der Waals surface area contributed by atoms with Crippen LogP contribution in [-0.4, -0.2) is 38.5 Å². The number of rotatable bonds is 10. The van der Waals surface area contributed by atoms with E-state index in [2.05, 4.69) is 4.98 Å². The lowest BCUT2D eigenvalue weighted by atomic mass is 10.1. The molecule has 0 atom stereocenters. The molecule has 6 rings (SSSR count). The van der Waals surface area contributed by atoms with Crippen molar-refractivity contribution in [3.63, 3.8) is 0 Å². The van der Waals surface area contributed by atoms with Gasteiger partial charge in [0.05, 0.1) is 34.6 Å². The molecule has 0 aliphatic rings. The number of imidazole rings is 1. The molecule has 0 aliphatic carbocycles. The number of aromatic nitrogens is 3. The van der Waals surface area contributed by atoms with Gasteiger partial charge in [-0.3, -0.25) is 0 Å². The maximum atomic E-state index is 15.4. The Morgan fingerprint density at radius 2 is 1.86 bits per heavy atom. The molecular weight excluding hydrogens is 561 g/mol. The summed E-state index contributed by atoms with van der Waals surface area (Å²) < 4.78 is 34.1. The molecule has 3 heterocycles. The normalized spacial score (nSPS) is 11.7. The molecule has 0 saturated heterocycles. The molecule has 0 radical (unpaired) electrons. The van der Waals surface area contributed by atoms with E-state index in [1.54, 1.807) is 55.8 Å². The number of furan rings is 1. The van der Waals surface area contributed by atoms with Gasteiger partial charge in [0, 0.05) is 48.2 Å². The third-order valence-corrected chi connectivity index (χ3v) is 7.44. The van der Waals surface area contributed by atoms with E-state index >= 15 is 4.39 Å². The summed E-state index contributed by atoms with van der Waals surface area (Å²) in [5.41, 5.74) is 4.89. The predicted octanol–water partition coefficient (Wildman–Crippen LogP) is 6.44. The number of hydrogen-bond acceptors (Lipinski definition) is 7. The van der Waals surface area contributed by atoms with Crippen LogP contribution < -0.4 is 4.74 Å². The second kappa shape index (κ2) is 11.9. The zero-order chi connectivity index (χ0) is 29.2. The first-order valence-corrected chi connectivity index (χ1v) is 13.7. The van der Waals surface area contributed by atoms with E-state index < -0.39 is 6.29 Å². The van der Waals surface area contributed by atoms with E-state index in [4.69, 9.17) is 30.5 Å². The molecule has 0 fully saturated rings. The fourth-order valence-electron chi connectivity index (χ4n) is 4.94. The number of aliphatic hydroxyl groups is 2. The Morgan fingerprint density at radius 3 is 2.67 bits per heavy atom. The lowest BCUT2D eigenvalue weighted by molar-refractivity contribution is -0.0424. The predicted molar refractivity (Wildman–Crippen MR) is 157 cm³/mol. The van der Waals surface area contributed by atoms with Crippen LogP contribution in [-0.2, 0) is 24.3 Å². The topological polar surface area (TPSA) is 103 Å². The number of pyridine rings is 1. The minimum Gasteiger partial charge on any atom is -0.473 e. The Bertz CT molecular complexity index is 1880. The number of methoxy groups -OCH3 is 1. The van der Waals surface area contributed by atoms with Gasteiger partial charge in [-0.1, -0.05) is 41.9 Å². The number of fused-ring (bicyclic) bond motifs is 2. The van der Waals surface area contributed by atoms with Crippen LogP contribution in [0.3, 0.4) is 0 Å². The van der Waals surface area contributed by atoms with E-state index in [9.17, 15) is 10.2 Å². The quantitative estimate of drug-likeness (QED) is 0.178. The highest BCUT2D eigenvalue weighted by atomic mass is 35.5. The van der Waals surface area contributed by atoms with Crippen LogP contribution in [0.1, 0.15) is 28.8 Å². The summed E-state index contributed by atoms with van der Waals surface area (Å²) in [6.07, 6.45) is 0.223. The maximum absolute atomic E-state index is 15.4. The largest absolute Gasteiger partial charge is 0.473 e. The van der Waals surface area contributed by atoms with Gasteiger partial charge in [-0.05, 0) is 42.0 Å². The second-order valence-electron chi connectivity index (χ2n) is 9.80. The Balaban J connectivity index is 1.23. The number of halogens is 2. The van der Waals surface area contributed by atoms with Crippen LogP contribution in [0.25, 0.3) is 33.3 Å². The van der Waals surface area contributed by atoms with E-state index in [0.29, 0.717) is 63.4 Å². The SMILES string of the molecule is COCCn1c(Cc2ccc(-c3cccc(OCc4ccc(Cl)c5ccoc45)n3)cc2F)nc2ccc(C(O)O)cc21. The summed E-state index contributed by atoms with van der Waals surface area (Å²) >= 11 is 6.24. The van der Waals surface area contributed by atoms with Gasteiger partial charge in [-0.15, -0.1) is 0 Å². The second-order valence-corrected chi connectivity index (χ2v) is 10.2. The third-order valence-electron chi connectivity index (χ3n) is 7.11. The zero-order valence-electron chi connectivity index (χ0n) is 22.6. The molecule has 3 aromatic heterocycles. The minimum atomic E-state index is -1.60. The van der Waals surface area contributed by atoms with Gasteiger partial charge in [0.2, 0.25) is 5.88 Å². The summed E-state index contributed by atoms with van der Waals surface area (Å²) in [4.78, 5) is 9.28. The third kappa shape index (κ3) is 5.60. The van der Waals surface area contributed by atoms with Gasteiger partial charge in [0.15, 0.2) is 6.29 Å². The summed E-state index contributed by atoms with van der Waals surface area (Å²) in [5, 5.41) is 20.7. The standard InChI is InChI=1S/C32H27ClFN3O5/c1-40-14-12-37-28-16-21(32(38)39)8-10-27(28)35-29(37)17-19-5-6-20(15-25(19)34)26-3-2-4-30(36-26)42-18-22-7-9-24(33)23-11-13-41-31(22)23/h2-11,13,15-16,32,38-39H,12,14,17-18H2,1H3. The van der Waals surface area contributed by atoms with Crippen LogP contribution in [0.5, 0.6) is 5.88 Å². The molecular formula is C32H27ClFN3O5. The molecule has 0 unspecified atom stereocenters. The van der Waals surface area contributed by atoms with Crippen molar-refractivity contribution in [2.75, 3.05) is 13.7 Å². The number of benzene rings is 3. The van der Waals surface area contributed by atoms with Crippen molar-refractivity contribution in [3.8, 4) is 17.1 Å². The minimum absolute atomic E-state index is 0.230. The highest BCUT2D eigenvalue weighted by Crippen LogP contribution is 2.29. The molecule has 6 aromatic rings. The molecule has 0 spiro atoms. The fourth-order valence-corrected chi connectivity index (χ4v) is 5.16. The highest BCUT2D eigenvalue weighted by Gasteiger charge is 2.16. The van der Waals surface area contributed by atoms with Crippen LogP contribution in [0.15, 0.2) is 83.5 Å². The summed E-state index contributed by atoms with van der Waals surface area (Å²) in [5.74, 6) is 0.643. The van der Waals surface area contributed by atoms with Crippen molar-refractivity contribution in [3.05, 3.63) is 112 Å². The van der Waals surface area contributed by atoms with E-state index in [1.807, 2.05) is 28.8 Å². The molecule has 8 nitrogen and oxygen atoms in total. The number of ether oxygens (including phenoxy) is 2. The van der Waals surface area contributed by atoms with Gasteiger partial charge < -0.3 is 28.7 Å². The number of aliphatic hydroxyl groups excluding tert-OH is 1. The Hall–Kier alpha value is -4.28. The Morgan fingerprint density at radius 1 is 1.00 bits per heavy atom. The molecule has 42 heavy (non-hydrogen) atoms. The average Bonchev–Trinajstić information content (AvgIpc) is 3.62. The van der Waals surface area contributed by atoms with Crippen molar-refractivity contribution < 1.29 is 28.5 Å². The summed E-state index contributed by atoms with van der Waals surface area (Å²) in [7, 11) is 1.60. The van der Waals surface area contributed by atoms with Crippen molar-refractivity contribution in [1.29, 1.82) is 0 Å². The van der Waals surface area contributed by atoms with Crippen molar-refractivity contribution in [2.45, 2.75) is 25.9 Å². The van der Waals surface area contributed by atoms with Gasteiger partial charge >= 0.3 is 0 Å². The monoisotopic (exact) mass is 587 g/mol. The molecule has 0 aliphatic heterocycles. The van der Waals surface area contributed by atoms with Gasteiger partial charge in [0.1, 0.15) is 23.8 Å². The van der Waals surface area contributed by atoms with Gasteiger partial charge in [0.25, 0.3) is 0 Å². The highest BCUT2D eigenvalue weighted by molar-refractivity contribution is 6.35. The van der Waals surface area contributed by atoms with Crippen molar-refractivity contribution >= 4 is 33.6 Å². The van der Waals surface area contributed by atoms with Crippen molar-refractivity contribution in [2.24, 2.45) is 0 Å². The van der Waals surface area contributed by atoms with Crippen molar-refractivity contribution in [1.82, 2.24) is 14.5 Å². The van der Waals surface area contributed by atoms with E-state index in [1.165, 1.54) is 6.07 Å². The first kappa shape index (κ1) is 27.9. The zero-order valence-corrected chi connectivity index (χ0v) is 23.4. The van der Waals surface area contributed by atoms with Crippen LogP contribution in [0.4, 0.5) is 4.39 Å². The Kier molecular flexibility index (Phi) is 7.90. The van der Waals surface area contributed by atoms with Crippen LogP contribution >= 0.6 is 11.6 Å². The summed E-state index contributed by atoms with van der Waals surface area (Å²) in [6.45, 7) is 1.12. The molecule has 10 heteroatoms. The number of nitrogens with zero attached hydrogens (tertiary/aromatic N) is 3. The molecule has 214 valence electrons. The van der Waals surface area contributed by atoms with Crippen LogP contribution in [0, 0.1) is 5.82 Å². The smallest absolute Gasteiger partial charge is 0.214 e. The molecule has 0 bridgehead atoms. The molecule has 2 N–H and O–H groups in total. The maximum Gasteiger partial charge on any atom is 0.214 e. The van der Waals surface area contributed by atoms with E-state index in [-0.39, 0.29) is 18.8 Å². The molecule has 0 amide bonds. The lowest BCUT2D eigenvalue weighted by Gasteiger charge is -2.11. The lowest BCUT2D eigenvalue weighted by Crippen LogP contribution is -2.10. The Labute approximate surface area is 245 Å². The first-order valence-electron chi connectivity index (χ1n) is 13.3. The summed E-state index contributed by atoms with van der Waals surface area (Å²) in [6, 6.07) is 20.8. The molecule has 3 aromatic carbocycles. The van der Waals surface area contributed by atoms with Gasteiger partial charge in [-0.25, -0.2) is 14.4 Å². The molecule has 0 saturated carbocycles. The number of hydrogen-bond donors (Lipinski definition) is 2. The first-order chi connectivity index (χ1) is 20.4. The van der Waals surface area contributed by atoms with Crippen LogP contribution in [0.2, 0.25) is 5.02 Å². The van der Waals surface area contributed by atoms with E-state index in [0.717, 1.165) is 16.5 Å².